The van der Waals surface area contributed by atoms with Gasteiger partial charge in [0.1, 0.15) is 0 Å². The summed E-state index contributed by atoms with van der Waals surface area (Å²) in [5.74, 6) is -0.379. The first-order chi connectivity index (χ1) is 8.11. The molecule has 0 bridgehead atoms. The summed E-state index contributed by atoms with van der Waals surface area (Å²) < 4.78 is 33.8. The fraction of sp³-hybridized carbons (Fsp3) is 0.900. The molecule has 18 heavy (non-hydrogen) atoms. The smallest absolute Gasteiger partial charge is 0.351 e. The molecule has 0 fully saturated rings. The summed E-state index contributed by atoms with van der Waals surface area (Å²) in [6.07, 6.45) is 0.529. The zero-order valence-electron chi connectivity index (χ0n) is 11.2. The molecule has 0 rings (SSSR count). The molecule has 0 aliphatic heterocycles. The Kier molecular flexibility index (Phi) is 7.37. The molecule has 0 saturated carbocycles. The van der Waals surface area contributed by atoms with E-state index >= 15 is 0 Å². The fourth-order valence-corrected chi connectivity index (χ4v) is 1.48. The Bertz CT molecular complexity index is 353. The van der Waals surface area contributed by atoms with Crippen LogP contribution in [-0.2, 0) is 19.4 Å². The van der Waals surface area contributed by atoms with Crippen LogP contribution in [0.25, 0.3) is 0 Å². The third kappa shape index (κ3) is 9.34. The van der Waals surface area contributed by atoms with E-state index in [1.165, 1.54) is 0 Å². The van der Waals surface area contributed by atoms with Crippen molar-refractivity contribution in [3.8, 4) is 0 Å². The van der Waals surface area contributed by atoms with Gasteiger partial charge < -0.3 is 10.2 Å². The van der Waals surface area contributed by atoms with Crippen molar-refractivity contribution >= 4 is 16.3 Å². The van der Waals surface area contributed by atoms with Crippen molar-refractivity contribution in [2.75, 3.05) is 27.2 Å². The summed E-state index contributed by atoms with van der Waals surface area (Å²) in [5.41, 5.74) is 0. The SMILES string of the molecule is CC(C)C(=O)NC(CCN(C)C)COS(=O)(=O)O. The topological polar surface area (TPSA) is 95.9 Å². The van der Waals surface area contributed by atoms with E-state index in [1.807, 2.05) is 19.0 Å². The minimum Gasteiger partial charge on any atom is -0.351 e. The highest BCUT2D eigenvalue weighted by atomic mass is 32.3. The zero-order chi connectivity index (χ0) is 14.3. The van der Waals surface area contributed by atoms with E-state index in [0.717, 1.165) is 0 Å². The molecule has 0 aliphatic rings. The first-order valence-electron chi connectivity index (χ1n) is 5.68. The summed E-state index contributed by atoms with van der Waals surface area (Å²) in [4.78, 5) is 13.4. The lowest BCUT2D eigenvalue weighted by atomic mass is 10.1. The molecule has 0 spiro atoms. The van der Waals surface area contributed by atoms with Crippen LogP contribution in [0.5, 0.6) is 0 Å². The van der Waals surface area contributed by atoms with Gasteiger partial charge in [0.2, 0.25) is 5.91 Å². The Hall–Kier alpha value is -0.700. The van der Waals surface area contributed by atoms with Crippen LogP contribution in [0.1, 0.15) is 20.3 Å². The predicted molar refractivity (Wildman–Crippen MR) is 67.4 cm³/mol. The minimum absolute atomic E-state index is 0.183. The number of carbonyl (C=O) groups is 1. The molecule has 1 unspecified atom stereocenters. The predicted octanol–water partition coefficient (Wildman–Crippen LogP) is -0.102. The average Bonchev–Trinajstić information content (AvgIpc) is 2.20. The normalized spacial score (nSPS) is 13.9. The summed E-state index contributed by atoms with van der Waals surface area (Å²) in [6.45, 7) is 3.87. The highest BCUT2D eigenvalue weighted by Gasteiger charge is 2.17. The van der Waals surface area contributed by atoms with E-state index in [-0.39, 0.29) is 18.4 Å². The Morgan fingerprint density at radius 2 is 1.94 bits per heavy atom. The minimum atomic E-state index is -4.48. The van der Waals surface area contributed by atoms with E-state index in [4.69, 9.17) is 4.55 Å². The zero-order valence-corrected chi connectivity index (χ0v) is 12.0. The highest BCUT2D eigenvalue weighted by Crippen LogP contribution is 2.01. The first-order valence-corrected chi connectivity index (χ1v) is 7.05. The molecule has 7 nitrogen and oxygen atoms in total. The molecule has 2 N–H and O–H groups in total. The van der Waals surface area contributed by atoms with Crippen molar-refractivity contribution in [1.82, 2.24) is 10.2 Å². The van der Waals surface area contributed by atoms with Crippen LogP contribution in [0.2, 0.25) is 0 Å². The Morgan fingerprint density at radius 3 is 2.33 bits per heavy atom. The number of amides is 1. The van der Waals surface area contributed by atoms with Gasteiger partial charge in [0.05, 0.1) is 12.6 Å². The van der Waals surface area contributed by atoms with Crippen molar-refractivity contribution in [1.29, 1.82) is 0 Å². The Balaban J connectivity index is 4.37. The molecule has 8 heteroatoms. The van der Waals surface area contributed by atoms with Crippen LogP contribution < -0.4 is 5.32 Å². The maximum absolute atomic E-state index is 11.5. The monoisotopic (exact) mass is 282 g/mol. The van der Waals surface area contributed by atoms with E-state index in [2.05, 4.69) is 9.50 Å². The Morgan fingerprint density at radius 1 is 1.39 bits per heavy atom. The van der Waals surface area contributed by atoms with Gasteiger partial charge in [0.25, 0.3) is 0 Å². The van der Waals surface area contributed by atoms with Gasteiger partial charge in [0, 0.05) is 5.92 Å². The molecular formula is C10H22N2O5S. The third-order valence-corrected chi connectivity index (χ3v) is 2.65. The van der Waals surface area contributed by atoms with Gasteiger partial charge in [-0.1, -0.05) is 13.8 Å². The lowest BCUT2D eigenvalue weighted by molar-refractivity contribution is -0.125. The van der Waals surface area contributed by atoms with Crippen LogP contribution in [0.3, 0.4) is 0 Å². The summed E-state index contributed by atoms with van der Waals surface area (Å²) in [6, 6.07) is -0.454. The fourth-order valence-electron chi connectivity index (χ4n) is 1.15. The second kappa shape index (κ2) is 7.67. The quantitative estimate of drug-likeness (QED) is 0.603. The molecule has 0 aromatic rings. The van der Waals surface area contributed by atoms with Gasteiger partial charge in [-0.3, -0.25) is 9.35 Å². The summed E-state index contributed by atoms with van der Waals surface area (Å²) in [5, 5.41) is 2.68. The van der Waals surface area contributed by atoms with Crippen molar-refractivity contribution < 1.29 is 21.9 Å². The standard InChI is InChI=1S/C10H22N2O5S/c1-8(2)10(13)11-9(5-6-12(3)4)7-17-18(14,15)16/h8-9H,5-7H2,1-4H3,(H,11,13)(H,14,15,16). The molecule has 1 amide bonds. The van der Waals surface area contributed by atoms with Gasteiger partial charge in [-0.15, -0.1) is 0 Å². The van der Waals surface area contributed by atoms with Crippen LogP contribution in [0.15, 0.2) is 0 Å². The molecule has 0 aromatic heterocycles. The van der Waals surface area contributed by atoms with Gasteiger partial charge in [-0.05, 0) is 27.1 Å². The van der Waals surface area contributed by atoms with Crippen LogP contribution in [0.4, 0.5) is 0 Å². The van der Waals surface area contributed by atoms with Crippen molar-refractivity contribution in [2.45, 2.75) is 26.3 Å². The molecule has 1 atom stereocenters. The third-order valence-electron chi connectivity index (χ3n) is 2.21. The molecule has 0 radical (unpaired) electrons. The van der Waals surface area contributed by atoms with E-state index in [9.17, 15) is 13.2 Å². The molecule has 108 valence electrons. The lowest BCUT2D eigenvalue weighted by Gasteiger charge is -2.21. The number of carbonyl (C=O) groups excluding carboxylic acids is 1. The maximum Gasteiger partial charge on any atom is 0.397 e. The average molecular weight is 282 g/mol. The molecule has 0 heterocycles. The highest BCUT2D eigenvalue weighted by molar-refractivity contribution is 7.80. The van der Waals surface area contributed by atoms with Crippen LogP contribution in [0, 0.1) is 5.92 Å². The maximum atomic E-state index is 11.5. The van der Waals surface area contributed by atoms with Gasteiger partial charge in [0.15, 0.2) is 0 Å². The van der Waals surface area contributed by atoms with Gasteiger partial charge >= 0.3 is 10.4 Å². The number of nitrogens with zero attached hydrogens (tertiary/aromatic N) is 1. The lowest BCUT2D eigenvalue weighted by Crippen LogP contribution is -2.42. The number of hydrogen-bond acceptors (Lipinski definition) is 5. The van der Waals surface area contributed by atoms with Crippen LogP contribution >= 0.6 is 0 Å². The van der Waals surface area contributed by atoms with Crippen LogP contribution in [-0.4, -0.2) is 57.1 Å². The van der Waals surface area contributed by atoms with E-state index in [0.29, 0.717) is 13.0 Å². The number of hydrogen-bond donors (Lipinski definition) is 2. The first kappa shape index (κ1) is 17.3. The van der Waals surface area contributed by atoms with Crippen molar-refractivity contribution in [3.05, 3.63) is 0 Å². The molecule has 0 saturated heterocycles. The number of nitrogens with one attached hydrogen (secondary N) is 1. The second-order valence-corrected chi connectivity index (χ2v) is 5.76. The van der Waals surface area contributed by atoms with Crippen molar-refractivity contribution in [3.63, 3.8) is 0 Å². The summed E-state index contributed by atoms with van der Waals surface area (Å²) >= 11 is 0. The van der Waals surface area contributed by atoms with E-state index < -0.39 is 16.4 Å². The van der Waals surface area contributed by atoms with Crippen molar-refractivity contribution in [2.24, 2.45) is 5.92 Å². The van der Waals surface area contributed by atoms with E-state index in [1.54, 1.807) is 13.8 Å². The van der Waals surface area contributed by atoms with Gasteiger partial charge in [-0.25, -0.2) is 4.18 Å². The van der Waals surface area contributed by atoms with Gasteiger partial charge in [-0.2, -0.15) is 8.42 Å². The molecule has 0 aliphatic carbocycles. The molecular weight excluding hydrogens is 260 g/mol. The number of rotatable bonds is 8. The summed E-state index contributed by atoms with van der Waals surface area (Å²) in [7, 11) is -0.747. The Labute approximate surface area is 108 Å². The second-order valence-electron chi connectivity index (χ2n) is 4.66. The largest absolute Gasteiger partial charge is 0.397 e. The molecule has 0 aromatic carbocycles.